The van der Waals surface area contributed by atoms with Gasteiger partial charge in [0.15, 0.2) is 0 Å². The lowest BCUT2D eigenvalue weighted by molar-refractivity contribution is 0.180. The van der Waals surface area contributed by atoms with Gasteiger partial charge in [0.2, 0.25) is 0 Å². The molecule has 1 atom stereocenters. The molecule has 1 saturated heterocycles. The number of nitrogen functional groups attached to an aromatic ring is 1. The van der Waals surface area contributed by atoms with E-state index in [1.54, 1.807) is 13.2 Å². The Balaban J connectivity index is 2.22. The predicted octanol–water partition coefficient (Wildman–Crippen LogP) is 0.709. The van der Waals surface area contributed by atoms with Gasteiger partial charge in [0.05, 0.1) is 18.9 Å². The molecule has 1 aliphatic heterocycles. The molecule has 1 aliphatic rings. The largest absolute Gasteiger partial charge is 0.384 e. The van der Waals surface area contributed by atoms with Crippen molar-refractivity contribution in [3.05, 3.63) is 17.6 Å². The summed E-state index contributed by atoms with van der Waals surface area (Å²) in [6, 6.07) is 1.74. The average molecular weight is 209 g/mol. The van der Waals surface area contributed by atoms with E-state index in [4.69, 9.17) is 15.2 Å². The van der Waals surface area contributed by atoms with Crippen LogP contribution < -0.4 is 5.73 Å². The van der Waals surface area contributed by atoms with Crippen LogP contribution in [0.1, 0.15) is 23.9 Å². The molecule has 0 bridgehead atoms. The Kier molecular flexibility index (Phi) is 3.13. The first-order valence-electron chi connectivity index (χ1n) is 4.99. The van der Waals surface area contributed by atoms with Crippen molar-refractivity contribution in [3.8, 4) is 0 Å². The Morgan fingerprint density at radius 2 is 2.47 bits per heavy atom. The zero-order valence-electron chi connectivity index (χ0n) is 8.77. The van der Waals surface area contributed by atoms with E-state index in [9.17, 15) is 0 Å². The highest BCUT2D eigenvalue weighted by molar-refractivity contribution is 5.30. The number of hydrogen-bond acceptors (Lipinski definition) is 5. The summed E-state index contributed by atoms with van der Waals surface area (Å²) in [5.74, 6) is 1.56. The predicted molar refractivity (Wildman–Crippen MR) is 55.3 cm³/mol. The van der Waals surface area contributed by atoms with E-state index < -0.39 is 0 Å². The van der Waals surface area contributed by atoms with Gasteiger partial charge < -0.3 is 15.2 Å². The zero-order chi connectivity index (χ0) is 10.7. The first kappa shape index (κ1) is 10.3. The van der Waals surface area contributed by atoms with Gasteiger partial charge in [-0.15, -0.1) is 0 Å². The number of nitrogens with zero attached hydrogens (tertiary/aromatic N) is 2. The summed E-state index contributed by atoms with van der Waals surface area (Å²) in [6.45, 7) is 1.94. The summed E-state index contributed by atoms with van der Waals surface area (Å²) in [7, 11) is 1.64. The number of hydrogen-bond donors (Lipinski definition) is 1. The number of nitrogens with two attached hydrogens (primary N) is 1. The van der Waals surface area contributed by atoms with Crippen LogP contribution in [-0.2, 0) is 16.1 Å². The standard InChI is InChI=1S/C10H15N3O2/c1-14-6-8-4-9(11)13-10(12-8)7-2-3-15-5-7/h4,7H,2-3,5-6H2,1H3,(H2,11,12,13). The highest BCUT2D eigenvalue weighted by atomic mass is 16.5. The van der Waals surface area contributed by atoms with Crippen molar-refractivity contribution in [3.63, 3.8) is 0 Å². The quantitative estimate of drug-likeness (QED) is 0.793. The highest BCUT2D eigenvalue weighted by Gasteiger charge is 2.21. The summed E-state index contributed by atoms with van der Waals surface area (Å²) in [4.78, 5) is 8.64. The number of rotatable bonds is 3. The molecule has 0 radical (unpaired) electrons. The summed E-state index contributed by atoms with van der Waals surface area (Å²) < 4.78 is 10.3. The molecule has 0 saturated carbocycles. The number of methoxy groups -OCH3 is 1. The maximum atomic E-state index is 5.71. The van der Waals surface area contributed by atoms with Gasteiger partial charge in [-0.3, -0.25) is 0 Å². The Bertz CT molecular complexity index is 337. The molecule has 1 unspecified atom stereocenters. The minimum Gasteiger partial charge on any atom is -0.384 e. The lowest BCUT2D eigenvalue weighted by Crippen LogP contribution is -2.09. The fourth-order valence-corrected chi connectivity index (χ4v) is 1.68. The average Bonchev–Trinajstić information content (AvgIpc) is 2.70. The second kappa shape index (κ2) is 4.55. The molecule has 82 valence electrons. The molecule has 1 aromatic heterocycles. The lowest BCUT2D eigenvalue weighted by Gasteiger charge is -2.08. The van der Waals surface area contributed by atoms with E-state index in [0.29, 0.717) is 19.0 Å². The van der Waals surface area contributed by atoms with E-state index in [2.05, 4.69) is 9.97 Å². The Hall–Kier alpha value is -1.20. The second-order valence-electron chi connectivity index (χ2n) is 3.64. The summed E-state index contributed by atoms with van der Waals surface area (Å²) in [5, 5.41) is 0. The minimum atomic E-state index is 0.282. The SMILES string of the molecule is COCc1cc(N)nc(C2CCOC2)n1. The maximum absolute atomic E-state index is 5.71. The molecule has 1 aromatic rings. The van der Waals surface area contributed by atoms with Crippen LogP contribution in [0.2, 0.25) is 0 Å². The number of ether oxygens (including phenoxy) is 2. The molecule has 15 heavy (non-hydrogen) atoms. The van der Waals surface area contributed by atoms with Crippen LogP contribution in [-0.4, -0.2) is 30.3 Å². The molecule has 0 spiro atoms. The molecule has 0 aliphatic carbocycles. The summed E-state index contributed by atoms with van der Waals surface area (Å²) in [5.41, 5.74) is 6.54. The maximum Gasteiger partial charge on any atom is 0.136 e. The lowest BCUT2D eigenvalue weighted by atomic mass is 10.1. The van der Waals surface area contributed by atoms with Crippen molar-refractivity contribution < 1.29 is 9.47 Å². The van der Waals surface area contributed by atoms with Crippen LogP contribution in [0.4, 0.5) is 5.82 Å². The highest BCUT2D eigenvalue weighted by Crippen LogP contribution is 2.23. The molecule has 0 aromatic carbocycles. The molecular formula is C10H15N3O2. The Morgan fingerprint density at radius 1 is 1.60 bits per heavy atom. The summed E-state index contributed by atoms with van der Waals surface area (Å²) >= 11 is 0. The topological polar surface area (TPSA) is 70.3 Å². The van der Waals surface area contributed by atoms with E-state index in [1.165, 1.54) is 0 Å². The van der Waals surface area contributed by atoms with Gasteiger partial charge in [-0.25, -0.2) is 9.97 Å². The van der Waals surface area contributed by atoms with Crippen molar-refractivity contribution >= 4 is 5.82 Å². The second-order valence-corrected chi connectivity index (χ2v) is 3.64. The number of aromatic nitrogens is 2. The zero-order valence-corrected chi connectivity index (χ0v) is 8.77. The van der Waals surface area contributed by atoms with E-state index >= 15 is 0 Å². The van der Waals surface area contributed by atoms with E-state index in [0.717, 1.165) is 24.5 Å². The van der Waals surface area contributed by atoms with Gasteiger partial charge in [-0.2, -0.15) is 0 Å². The fraction of sp³-hybridized carbons (Fsp3) is 0.600. The smallest absolute Gasteiger partial charge is 0.136 e. The molecule has 5 nitrogen and oxygen atoms in total. The molecular weight excluding hydrogens is 194 g/mol. The van der Waals surface area contributed by atoms with Crippen molar-refractivity contribution in [1.82, 2.24) is 9.97 Å². The van der Waals surface area contributed by atoms with Gasteiger partial charge in [0.1, 0.15) is 11.6 Å². The monoisotopic (exact) mass is 209 g/mol. The molecule has 0 amide bonds. The molecule has 2 heterocycles. The van der Waals surface area contributed by atoms with Crippen molar-refractivity contribution in [1.29, 1.82) is 0 Å². The van der Waals surface area contributed by atoms with Crippen LogP contribution in [0.3, 0.4) is 0 Å². The Morgan fingerprint density at radius 3 is 3.13 bits per heavy atom. The van der Waals surface area contributed by atoms with Gasteiger partial charge in [-0.1, -0.05) is 0 Å². The van der Waals surface area contributed by atoms with Gasteiger partial charge >= 0.3 is 0 Å². The molecule has 2 rings (SSSR count). The first-order valence-corrected chi connectivity index (χ1v) is 4.99. The van der Waals surface area contributed by atoms with E-state index in [-0.39, 0.29) is 5.92 Å². The van der Waals surface area contributed by atoms with Crippen LogP contribution in [0.25, 0.3) is 0 Å². The van der Waals surface area contributed by atoms with Crippen molar-refractivity contribution in [2.75, 3.05) is 26.1 Å². The molecule has 2 N–H and O–H groups in total. The van der Waals surface area contributed by atoms with Crippen LogP contribution in [0, 0.1) is 0 Å². The normalized spacial score (nSPS) is 20.7. The summed E-state index contributed by atoms with van der Waals surface area (Å²) in [6.07, 6.45) is 0.968. The van der Waals surface area contributed by atoms with Gasteiger partial charge in [0.25, 0.3) is 0 Å². The van der Waals surface area contributed by atoms with Crippen LogP contribution in [0.5, 0.6) is 0 Å². The van der Waals surface area contributed by atoms with Gasteiger partial charge in [-0.05, 0) is 6.42 Å². The minimum absolute atomic E-state index is 0.282. The third-order valence-electron chi connectivity index (χ3n) is 2.40. The fourth-order valence-electron chi connectivity index (χ4n) is 1.68. The van der Waals surface area contributed by atoms with Crippen molar-refractivity contribution in [2.24, 2.45) is 0 Å². The molecule has 5 heteroatoms. The first-order chi connectivity index (χ1) is 7.29. The van der Waals surface area contributed by atoms with Crippen LogP contribution >= 0.6 is 0 Å². The van der Waals surface area contributed by atoms with Crippen LogP contribution in [0.15, 0.2) is 6.07 Å². The third kappa shape index (κ3) is 2.43. The number of anilines is 1. The van der Waals surface area contributed by atoms with Crippen molar-refractivity contribution in [2.45, 2.75) is 18.9 Å². The Labute approximate surface area is 88.6 Å². The van der Waals surface area contributed by atoms with Gasteiger partial charge in [0, 0.05) is 25.7 Å². The third-order valence-corrected chi connectivity index (χ3v) is 2.40. The van der Waals surface area contributed by atoms with E-state index in [1.807, 2.05) is 0 Å². The molecule has 1 fully saturated rings.